The number of para-hydroxylation sites is 1. The lowest BCUT2D eigenvalue weighted by molar-refractivity contribution is 0.395. The number of hydrazone groups is 1. The molecule has 0 aromatic heterocycles. The topological polar surface area (TPSA) is 27.6 Å². The van der Waals surface area contributed by atoms with Gasteiger partial charge < -0.3 is 4.90 Å². The van der Waals surface area contributed by atoms with E-state index < -0.39 is 0 Å². The zero-order chi connectivity index (χ0) is 16.2. The third-order valence-electron chi connectivity index (χ3n) is 4.56. The number of nitrogens with zero attached hydrogens (tertiary/aromatic N) is 2. The average molecular weight is 316 g/mol. The van der Waals surface area contributed by atoms with Crippen LogP contribution in [-0.4, -0.2) is 23.8 Å². The van der Waals surface area contributed by atoms with Crippen molar-refractivity contribution in [1.29, 1.82) is 0 Å². The largest absolute Gasteiger partial charge is 0.359 e. The van der Waals surface area contributed by atoms with Crippen molar-refractivity contribution in [2.45, 2.75) is 71.1 Å². The van der Waals surface area contributed by atoms with Crippen molar-refractivity contribution in [3.05, 3.63) is 30.3 Å². The van der Waals surface area contributed by atoms with E-state index in [1.54, 1.807) is 0 Å². The summed E-state index contributed by atoms with van der Waals surface area (Å²) >= 11 is 0. The van der Waals surface area contributed by atoms with Crippen molar-refractivity contribution in [3.8, 4) is 0 Å². The SMILES string of the molecule is CCCCCCCCN1CCCCC/C1=N\Nc1ccccc1. The Balaban J connectivity index is 1.81. The van der Waals surface area contributed by atoms with Gasteiger partial charge in [0.2, 0.25) is 0 Å². The summed E-state index contributed by atoms with van der Waals surface area (Å²) in [5.74, 6) is 1.25. The average Bonchev–Trinajstić information content (AvgIpc) is 2.82. The Morgan fingerprint density at radius 1 is 0.957 bits per heavy atom. The Morgan fingerprint density at radius 3 is 2.57 bits per heavy atom. The highest BCUT2D eigenvalue weighted by molar-refractivity contribution is 5.83. The highest BCUT2D eigenvalue weighted by Gasteiger charge is 2.14. The van der Waals surface area contributed by atoms with Crippen LogP contribution >= 0.6 is 0 Å². The van der Waals surface area contributed by atoms with Gasteiger partial charge in [-0.25, -0.2) is 0 Å². The monoisotopic (exact) mass is 315 g/mol. The van der Waals surface area contributed by atoms with Gasteiger partial charge in [0.25, 0.3) is 0 Å². The molecule has 0 amide bonds. The van der Waals surface area contributed by atoms with Crippen molar-refractivity contribution in [1.82, 2.24) is 4.90 Å². The van der Waals surface area contributed by atoms with E-state index in [0.29, 0.717) is 0 Å². The smallest absolute Gasteiger partial charge is 0.125 e. The molecule has 1 saturated heterocycles. The minimum Gasteiger partial charge on any atom is -0.359 e. The van der Waals surface area contributed by atoms with Gasteiger partial charge in [-0.1, -0.05) is 63.6 Å². The summed E-state index contributed by atoms with van der Waals surface area (Å²) in [6.07, 6.45) is 13.2. The van der Waals surface area contributed by atoms with Gasteiger partial charge in [0.05, 0.1) is 5.69 Å². The first-order valence-corrected chi connectivity index (χ1v) is 9.52. The number of nitrogens with one attached hydrogen (secondary N) is 1. The minimum absolute atomic E-state index is 1.07. The quantitative estimate of drug-likeness (QED) is 0.471. The lowest BCUT2D eigenvalue weighted by atomic mass is 10.1. The van der Waals surface area contributed by atoms with Crippen molar-refractivity contribution in [2.24, 2.45) is 5.10 Å². The van der Waals surface area contributed by atoms with Crippen LogP contribution in [0.15, 0.2) is 35.4 Å². The van der Waals surface area contributed by atoms with Crippen LogP contribution in [0.25, 0.3) is 0 Å². The molecular weight excluding hydrogens is 282 g/mol. The molecule has 0 saturated carbocycles. The van der Waals surface area contributed by atoms with Crippen molar-refractivity contribution < 1.29 is 0 Å². The van der Waals surface area contributed by atoms with Crippen LogP contribution in [0.4, 0.5) is 5.69 Å². The van der Waals surface area contributed by atoms with Gasteiger partial charge in [-0.15, -0.1) is 0 Å². The zero-order valence-electron chi connectivity index (χ0n) is 14.8. The summed E-state index contributed by atoms with van der Waals surface area (Å²) in [7, 11) is 0. The van der Waals surface area contributed by atoms with Crippen LogP contribution in [0.1, 0.15) is 71.1 Å². The third-order valence-corrected chi connectivity index (χ3v) is 4.56. The van der Waals surface area contributed by atoms with Crippen LogP contribution in [-0.2, 0) is 0 Å². The fourth-order valence-electron chi connectivity index (χ4n) is 3.14. The first kappa shape index (κ1) is 17.8. The molecule has 3 nitrogen and oxygen atoms in total. The molecule has 2 rings (SSSR count). The summed E-state index contributed by atoms with van der Waals surface area (Å²) in [5.41, 5.74) is 4.31. The maximum absolute atomic E-state index is 4.72. The molecule has 0 atom stereocenters. The summed E-state index contributed by atoms with van der Waals surface area (Å²) in [6, 6.07) is 10.3. The second-order valence-corrected chi connectivity index (χ2v) is 6.57. The molecule has 1 heterocycles. The van der Waals surface area contributed by atoms with Gasteiger partial charge in [-0.05, 0) is 31.4 Å². The maximum atomic E-state index is 4.72. The number of amidine groups is 1. The minimum atomic E-state index is 1.07. The first-order valence-electron chi connectivity index (χ1n) is 9.52. The first-order chi connectivity index (χ1) is 11.4. The van der Waals surface area contributed by atoms with E-state index in [1.165, 1.54) is 76.7 Å². The highest BCUT2D eigenvalue weighted by Crippen LogP contribution is 2.15. The molecule has 3 heteroatoms. The molecule has 1 N–H and O–H groups in total. The summed E-state index contributed by atoms with van der Waals surface area (Å²) in [4.78, 5) is 2.52. The third kappa shape index (κ3) is 7.06. The number of hydrogen-bond donors (Lipinski definition) is 1. The molecule has 1 aromatic carbocycles. The van der Waals surface area contributed by atoms with Crippen LogP contribution in [0.5, 0.6) is 0 Å². The number of anilines is 1. The molecule has 0 radical (unpaired) electrons. The second kappa shape index (κ2) is 11.1. The Hall–Kier alpha value is -1.51. The van der Waals surface area contributed by atoms with Gasteiger partial charge in [0.1, 0.15) is 5.84 Å². The number of hydrogen-bond acceptors (Lipinski definition) is 2. The van der Waals surface area contributed by atoms with Gasteiger partial charge >= 0.3 is 0 Å². The molecule has 23 heavy (non-hydrogen) atoms. The molecule has 1 aliphatic rings. The lowest BCUT2D eigenvalue weighted by Crippen LogP contribution is -2.32. The molecule has 0 unspecified atom stereocenters. The van der Waals surface area contributed by atoms with E-state index >= 15 is 0 Å². The Bertz CT molecular complexity index is 441. The second-order valence-electron chi connectivity index (χ2n) is 6.57. The lowest BCUT2D eigenvalue weighted by Gasteiger charge is -2.24. The Morgan fingerprint density at radius 2 is 1.74 bits per heavy atom. The normalized spacial score (nSPS) is 17.3. The molecule has 0 bridgehead atoms. The molecule has 1 fully saturated rings. The van der Waals surface area contributed by atoms with Crippen molar-refractivity contribution in [3.63, 3.8) is 0 Å². The van der Waals surface area contributed by atoms with Crippen LogP contribution in [0, 0.1) is 0 Å². The Kier molecular flexibility index (Phi) is 8.60. The van der Waals surface area contributed by atoms with Gasteiger partial charge in [-0.3, -0.25) is 5.43 Å². The molecule has 1 aliphatic heterocycles. The van der Waals surface area contributed by atoms with Crippen LogP contribution in [0.2, 0.25) is 0 Å². The van der Waals surface area contributed by atoms with Crippen LogP contribution in [0.3, 0.4) is 0 Å². The van der Waals surface area contributed by atoms with E-state index in [-0.39, 0.29) is 0 Å². The van der Waals surface area contributed by atoms with Gasteiger partial charge in [0.15, 0.2) is 0 Å². The van der Waals surface area contributed by atoms with Gasteiger partial charge in [0, 0.05) is 19.5 Å². The van der Waals surface area contributed by atoms with E-state index in [2.05, 4.69) is 29.4 Å². The van der Waals surface area contributed by atoms with E-state index in [1.807, 2.05) is 18.2 Å². The number of likely N-dealkylation sites (tertiary alicyclic amines) is 1. The summed E-state index contributed by atoms with van der Waals surface area (Å²) in [5, 5.41) is 4.72. The van der Waals surface area contributed by atoms with Crippen molar-refractivity contribution >= 4 is 11.5 Å². The maximum Gasteiger partial charge on any atom is 0.125 e. The summed E-state index contributed by atoms with van der Waals surface area (Å²) < 4.78 is 0. The van der Waals surface area contributed by atoms with Gasteiger partial charge in [-0.2, -0.15) is 5.10 Å². The predicted octanol–water partition coefficient (Wildman–Crippen LogP) is 5.65. The highest BCUT2D eigenvalue weighted by atomic mass is 15.4. The number of rotatable bonds is 9. The van der Waals surface area contributed by atoms with E-state index in [4.69, 9.17) is 5.10 Å². The molecule has 128 valence electrons. The number of unbranched alkanes of at least 4 members (excludes halogenated alkanes) is 5. The van der Waals surface area contributed by atoms with E-state index in [0.717, 1.165) is 12.1 Å². The van der Waals surface area contributed by atoms with Crippen LogP contribution < -0.4 is 5.43 Å². The number of benzene rings is 1. The Labute approximate surface area is 142 Å². The zero-order valence-corrected chi connectivity index (χ0v) is 14.8. The summed E-state index contributed by atoms with van der Waals surface area (Å²) in [6.45, 7) is 4.62. The predicted molar refractivity (Wildman–Crippen MR) is 101 cm³/mol. The van der Waals surface area contributed by atoms with Crippen molar-refractivity contribution in [2.75, 3.05) is 18.5 Å². The standard InChI is InChI=1S/C20H33N3/c1-2-3-4-5-6-12-17-23-18-13-8-11-16-20(23)22-21-19-14-9-7-10-15-19/h7,9-10,14-15,21H,2-6,8,11-13,16-18H2,1H3/b22-20+. The fourth-order valence-corrected chi connectivity index (χ4v) is 3.14. The fraction of sp³-hybridized carbons (Fsp3) is 0.650. The molecule has 0 spiro atoms. The molecule has 1 aromatic rings. The van der Waals surface area contributed by atoms with E-state index in [9.17, 15) is 0 Å². The molecule has 0 aliphatic carbocycles. The molecular formula is C20H33N3.